The van der Waals surface area contributed by atoms with Crippen LogP contribution in [-0.4, -0.2) is 40.1 Å². The Morgan fingerprint density at radius 3 is 2.22 bits per heavy atom. The second-order valence-electron chi connectivity index (χ2n) is 7.71. The predicted octanol–water partition coefficient (Wildman–Crippen LogP) is 5.06. The van der Waals surface area contributed by atoms with Crippen LogP contribution in [0.2, 0.25) is 5.02 Å². The van der Waals surface area contributed by atoms with Gasteiger partial charge in [-0.1, -0.05) is 29.3 Å². The molecule has 3 aromatic rings. The smallest absolute Gasteiger partial charge is 0.339 e. The molecule has 3 aromatic carbocycles. The zero-order valence-electron chi connectivity index (χ0n) is 20.2. The van der Waals surface area contributed by atoms with Crippen LogP contribution in [0, 0.1) is 6.92 Å². The maximum Gasteiger partial charge on any atom is 0.339 e. The minimum Gasteiger partial charge on any atom is -0.494 e. The second-order valence-corrected chi connectivity index (χ2v) is 9.98. The minimum atomic E-state index is -4.08. The van der Waals surface area contributed by atoms with Gasteiger partial charge in [0.1, 0.15) is 12.3 Å². The van der Waals surface area contributed by atoms with E-state index >= 15 is 0 Å². The van der Waals surface area contributed by atoms with Crippen LogP contribution >= 0.6 is 11.6 Å². The quantitative estimate of drug-likeness (QED) is 0.368. The van der Waals surface area contributed by atoms with Crippen LogP contribution in [0.3, 0.4) is 0 Å². The van der Waals surface area contributed by atoms with Gasteiger partial charge in [0.25, 0.3) is 10.0 Å². The Bertz CT molecular complexity index is 1330. The number of nitrogens with zero attached hydrogens (tertiary/aromatic N) is 1. The van der Waals surface area contributed by atoms with Crippen LogP contribution in [0.15, 0.2) is 71.6 Å². The van der Waals surface area contributed by atoms with Crippen molar-refractivity contribution >= 4 is 44.9 Å². The standard InChI is InChI=1S/C26H27ClN2O6S/c1-4-34-21-11-9-20(10-12-21)29(36(32,33)22-13-6-18(3)7-14-22)17-25(30)28-19-8-15-24(27)23(16-19)26(31)35-5-2/h6-16H,4-5,17H2,1-3H3,(H,28,30). The summed E-state index contributed by atoms with van der Waals surface area (Å²) in [6.07, 6.45) is 0. The van der Waals surface area contributed by atoms with Gasteiger partial charge in [0.15, 0.2) is 0 Å². The number of aryl methyl sites for hydroxylation is 1. The van der Waals surface area contributed by atoms with Gasteiger partial charge in [-0.15, -0.1) is 0 Å². The highest BCUT2D eigenvalue weighted by Crippen LogP contribution is 2.27. The molecule has 0 fully saturated rings. The third kappa shape index (κ3) is 6.56. The van der Waals surface area contributed by atoms with E-state index in [4.69, 9.17) is 21.1 Å². The molecule has 0 saturated heterocycles. The van der Waals surface area contributed by atoms with Gasteiger partial charge >= 0.3 is 5.97 Å². The average molecular weight is 531 g/mol. The molecule has 0 aliphatic carbocycles. The molecule has 0 aliphatic rings. The number of amides is 1. The van der Waals surface area contributed by atoms with Crippen molar-refractivity contribution < 1.29 is 27.5 Å². The molecular weight excluding hydrogens is 504 g/mol. The Labute approximate surface area is 215 Å². The number of esters is 1. The van der Waals surface area contributed by atoms with Gasteiger partial charge in [0, 0.05) is 5.69 Å². The Morgan fingerprint density at radius 1 is 0.944 bits per heavy atom. The second kappa shape index (κ2) is 11.9. The highest BCUT2D eigenvalue weighted by atomic mass is 35.5. The summed E-state index contributed by atoms with van der Waals surface area (Å²) in [5, 5.41) is 2.81. The van der Waals surface area contributed by atoms with E-state index in [0.717, 1.165) is 9.87 Å². The number of carbonyl (C=O) groups excluding carboxylic acids is 2. The topological polar surface area (TPSA) is 102 Å². The van der Waals surface area contributed by atoms with Crippen molar-refractivity contribution in [2.75, 3.05) is 29.4 Å². The van der Waals surface area contributed by atoms with Crippen molar-refractivity contribution in [2.45, 2.75) is 25.7 Å². The van der Waals surface area contributed by atoms with Crippen molar-refractivity contribution in [1.29, 1.82) is 0 Å². The van der Waals surface area contributed by atoms with Crippen molar-refractivity contribution in [2.24, 2.45) is 0 Å². The minimum absolute atomic E-state index is 0.0471. The van der Waals surface area contributed by atoms with Gasteiger partial charge in [-0.25, -0.2) is 13.2 Å². The van der Waals surface area contributed by atoms with Crippen molar-refractivity contribution in [3.8, 4) is 5.75 Å². The monoisotopic (exact) mass is 530 g/mol. The molecule has 0 saturated carbocycles. The molecule has 0 spiro atoms. The first-order valence-electron chi connectivity index (χ1n) is 11.2. The largest absolute Gasteiger partial charge is 0.494 e. The summed E-state index contributed by atoms with van der Waals surface area (Å²) >= 11 is 6.09. The van der Waals surface area contributed by atoms with Gasteiger partial charge in [-0.3, -0.25) is 9.10 Å². The fourth-order valence-corrected chi connectivity index (χ4v) is 4.94. The van der Waals surface area contributed by atoms with Gasteiger partial charge in [0.05, 0.1) is 34.4 Å². The van der Waals surface area contributed by atoms with Crippen LogP contribution in [0.1, 0.15) is 29.8 Å². The summed E-state index contributed by atoms with van der Waals surface area (Å²) < 4.78 is 38.5. The number of ether oxygens (including phenoxy) is 2. The first-order valence-corrected chi connectivity index (χ1v) is 13.1. The first-order chi connectivity index (χ1) is 17.1. The summed E-state index contributed by atoms with van der Waals surface area (Å²) in [7, 11) is -4.08. The van der Waals surface area contributed by atoms with Crippen LogP contribution in [0.25, 0.3) is 0 Å². The van der Waals surface area contributed by atoms with Crippen molar-refractivity contribution in [3.05, 3.63) is 82.9 Å². The number of nitrogens with one attached hydrogen (secondary N) is 1. The van der Waals surface area contributed by atoms with Crippen molar-refractivity contribution in [1.82, 2.24) is 0 Å². The molecule has 0 aliphatic heterocycles. The number of hydrogen-bond acceptors (Lipinski definition) is 6. The number of carbonyl (C=O) groups is 2. The number of benzene rings is 3. The van der Waals surface area contributed by atoms with Gasteiger partial charge in [-0.2, -0.15) is 0 Å². The summed E-state index contributed by atoms with van der Waals surface area (Å²) in [6.45, 7) is 5.48. The maximum absolute atomic E-state index is 13.5. The summed E-state index contributed by atoms with van der Waals surface area (Å²) in [4.78, 5) is 25.2. The van der Waals surface area contributed by atoms with E-state index in [1.54, 1.807) is 43.3 Å². The van der Waals surface area contributed by atoms with Gasteiger partial charge < -0.3 is 14.8 Å². The normalized spacial score (nSPS) is 11.0. The van der Waals surface area contributed by atoms with Crippen LogP contribution in [-0.2, 0) is 19.6 Å². The summed E-state index contributed by atoms with van der Waals surface area (Å²) in [5.74, 6) is -0.667. The molecule has 36 heavy (non-hydrogen) atoms. The van der Waals surface area contributed by atoms with E-state index in [2.05, 4.69) is 5.32 Å². The molecule has 3 rings (SSSR count). The van der Waals surface area contributed by atoms with Crippen LogP contribution < -0.4 is 14.4 Å². The Kier molecular flexibility index (Phi) is 8.95. The van der Waals surface area contributed by atoms with Gasteiger partial charge in [0.2, 0.25) is 5.91 Å². The van der Waals surface area contributed by atoms with E-state index < -0.39 is 28.4 Å². The Morgan fingerprint density at radius 2 is 1.61 bits per heavy atom. The Balaban J connectivity index is 1.91. The number of sulfonamides is 1. The zero-order valence-corrected chi connectivity index (χ0v) is 21.7. The number of hydrogen-bond donors (Lipinski definition) is 1. The van der Waals surface area contributed by atoms with Crippen molar-refractivity contribution in [3.63, 3.8) is 0 Å². The molecule has 0 aromatic heterocycles. The van der Waals surface area contributed by atoms with Crippen LogP contribution in [0.5, 0.6) is 5.75 Å². The lowest BCUT2D eigenvalue weighted by Gasteiger charge is -2.24. The van der Waals surface area contributed by atoms with E-state index in [-0.39, 0.29) is 33.5 Å². The first kappa shape index (κ1) is 27.0. The molecule has 1 amide bonds. The third-order valence-electron chi connectivity index (χ3n) is 5.08. The molecular formula is C26H27ClN2O6S. The molecule has 190 valence electrons. The average Bonchev–Trinajstić information content (AvgIpc) is 2.85. The van der Waals surface area contributed by atoms with Crippen LogP contribution in [0.4, 0.5) is 11.4 Å². The number of halogens is 1. The fourth-order valence-electron chi connectivity index (χ4n) is 3.33. The predicted molar refractivity (Wildman–Crippen MR) is 139 cm³/mol. The molecule has 1 N–H and O–H groups in total. The lowest BCUT2D eigenvalue weighted by atomic mass is 10.2. The maximum atomic E-state index is 13.5. The lowest BCUT2D eigenvalue weighted by molar-refractivity contribution is -0.114. The highest BCUT2D eigenvalue weighted by molar-refractivity contribution is 7.92. The summed E-state index contributed by atoms with van der Waals surface area (Å²) in [5.41, 5.74) is 1.55. The van der Waals surface area contributed by atoms with Gasteiger partial charge in [-0.05, 0) is 75.4 Å². The van der Waals surface area contributed by atoms with E-state index in [0.29, 0.717) is 12.4 Å². The third-order valence-corrected chi connectivity index (χ3v) is 7.20. The highest BCUT2D eigenvalue weighted by Gasteiger charge is 2.27. The number of rotatable bonds is 10. The molecule has 0 atom stereocenters. The zero-order chi connectivity index (χ0) is 26.3. The molecule has 0 heterocycles. The molecule has 0 radical (unpaired) electrons. The van der Waals surface area contributed by atoms with E-state index in [9.17, 15) is 18.0 Å². The van der Waals surface area contributed by atoms with E-state index in [1.165, 1.54) is 30.3 Å². The summed E-state index contributed by atoms with van der Waals surface area (Å²) in [6, 6.07) is 17.1. The molecule has 8 nitrogen and oxygen atoms in total. The fraction of sp³-hybridized carbons (Fsp3) is 0.231. The SMILES string of the molecule is CCOC(=O)c1cc(NC(=O)CN(c2ccc(OCC)cc2)S(=O)(=O)c2ccc(C)cc2)ccc1Cl. The lowest BCUT2D eigenvalue weighted by Crippen LogP contribution is -2.38. The molecule has 0 unspecified atom stereocenters. The molecule has 10 heteroatoms. The van der Waals surface area contributed by atoms with E-state index in [1.807, 2.05) is 13.8 Å². The Hall–Kier alpha value is -3.56. The number of anilines is 2. The molecule has 0 bridgehead atoms.